The summed E-state index contributed by atoms with van der Waals surface area (Å²) in [6.07, 6.45) is 5.81. The number of para-hydroxylation sites is 1. The number of fused-ring (bicyclic) bond motifs is 3. The van der Waals surface area contributed by atoms with Crippen LogP contribution in [0.5, 0.6) is 5.75 Å². The number of carbonyl (C=O) groups excluding carboxylic acids is 2. The van der Waals surface area contributed by atoms with E-state index in [-0.39, 0.29) is 29.8 Å². The van der Waals surface area contributed by atoms with Crippen LogP contribution in [0.4, 0.5) is 4.79 Å². The lowest BCUT2D eigenvalue weighted by molar-refractivity contribution is -0.136. The minimum Gasteiger partial charge on any atom is -0.507 e. The molecule has 12 heteroatoms. The van der Waals surface area contributed by atoms with E-state index in [1.54, 1.807) is 11.0 Å². The van der Waals surface area contributed by atoms with Gasteiger partial charge in [-0.2, -0.15) is 0 Å². The van der Waals surface area contributed by atoms with Crippen LogP contribution in [0, 0.1) is 11.3 Å². The number of H-pyrrole nitrogens is 1. The molecule has 4 aliphatic rings. The summed E-state index contributed by atoms with van der Waals surface area (Å²) in [5.74, 6) is 0.757. The molecule has 3 aliphatic heterocycles. The molecule has 1 aromatic carbocycles. The van der Waals surface area contributed by atoms with Crippen molar-refractivity contribution in [3.63, 3.8) is 0 Å². The third-order valence-corrected chi connectivity index (χ3v) is 12.1. The van der Waals surface area contributed by atoms with Gasteiger partial charge in [-0.05, 0) is 81.0 Å². The lowest BCUT2D eigenvalue weighted by atomic mass is 9.83. The predicted molar refractivity (Wildman–Crippen MR) is 197 cm³/mol. The molecular weight excluding hydrogens is 644 g/mol. The number of β-amino-alcohol motifs (C(OH)–C–C–N with tert-alkyl or cyclic N) is 1. The maximum absolute atomic E-state index is 13.5. The van der Waals surface area contributed by atoms with Gasteiger partial charge < -0.3 is 30.3 Å². The molecule has 0 spiro atoms. The Bertz CT molecular complexity index is 1720. The van der Waals surface area contributed by atoms with Gasteiger partial charge in [0.05, 0.1) is 11.8 Å². The van der Waals surface area contributed by atoms with Crippen LogP contribution in [0.15, 0.2) is 30.3 Å². The molecule has 0 unspecified atom stereocenters. The lowest BCUT2D eigenvalue weighted by Gasteiger charge is -2.44. The molecule has 5 heterocycles. The fourth-order valence-corrected chi connectivity index (χ4v) is 9.15. The molecule has 3 fully saturated rings. The third-order valence-electron chi connectivity index (χ3n) is 12.1. The van der Waals surface area contributed by atoms with Gasteiger partial charge in [0.1, 0.15) is 11.8 Å². The number of nitrogens with one attached hydrogen (secondary N) is 2. The van der Waals surface area contributed by atoms with E-state index < -0.39 is 17.6 Å². The number of carbonyl (C=O) groups is 2. The summed E-state index contributed by atoms with van der Waals surface area (Å²) >= 11 is 0. The van der Waals surface area contributed by atoms with Gasteiger partial charge in [0.15, 0.2) is 5.65 Å². The molecule has 7 rings (SSSR count). The summed E-state index contributed by atoms with van der Waals surface area (Å²) < 4.78 is 0. The topological polar surface area (TPSA) is 141 Å². The Kier molecular flexibility index (Phi) is 10.0. The number of nitrogens with zero attached hydrogens (tertiary/aromatic N) is 6. The van der Waals surface area contributed by atoms with Crippen LogP contribution in [-0.2, 0) is 11.2 Å². The largest absolute Gasteiger partial charge is 0.507 e. The lowest BCUT2D eigenvalue weighted by Crippen LogP contribution is -2.60. The molecular formula is C39H56N8O4. The number of amides is 3. The van der Waals surface area contributed by atoms with Crippen molar-refractivity contribution in [3.8, 4) is 17.0 Å². The number of aromatic hydroxyl groups is 1. The van der Waals surface area contributed by atoms with Gasteiger partial charge in [0.25, 0.3) is 0 Å². The van der Waals surface area contributed by atoms with Crippen molar-refractivity contribution in [1.29, 1.82) is 0 Å². The monoisotopic (exact) mass is 700 g/mol. The number of aromatic nitrogens is 3. The second kappa shape index (κ2) is 14.4. The standard InChI is InChI=1S/C39H56N8O4/c1-24-20-28(48)23-47(24)37(50)35(39(3,4)5)41-38(51)45-18-16-44(17-19-45)22-26-10-12-27(13-11-26)46-15-14-31-34(25(46)2)30-21-32(42-43-36(30)40-31)29-8-6-7-9-33(29)49/h6-9,21,24-28,35,48-49H,10-20,22-23H2,1-5H3,(H,40,43)(H,41,51)/t24-,25-,26?,27?,28-,35-/m1/s1. The van der Waals surface area contributed by atoms with Gasteiger partial charge in [0.2, 0.25) is 5.91 Å². The quantitative estimate of drug-likeness (QED) is 0.294. The molecule has 276 valence electrons. The Morgan fingerprint density at radius 1 is 1.02 bits per heavy atom. The van der Waals surface area contributed by atoms with Crippen LogP contribution < -0.4 is 5.32 Å². The van der Waals surface area contributed by atoms with Crippen molar-refractivity contribution in [2.45, 2.75) is 103 Å². The van der Waals surface area contributed by atoms with Crippen LogP contribution in [0.1, 0.15) is 84.0 Å². The fraction of sp³-hybridized carbons (Fsp3) is 0.641. The number of aromatic amines is 1. The average Bonchev–Trinajstić information content (AvgIpc) is 3.65. The fourth-order valence-electron chi connectivity index (χ4n) is 9.15. The SMILES string of the molecule is C[C@@H]1C[C@@H](O)CN1C(=O)[C@@H](NC(=O)N1CCN(CC2CCC(N3CCc4[nH]c5nnc(-c6ccccc6O)cc5c4[C@H]3C)CC2)CC1)C(C)(C)C. The first-order chi connectivity index (χ1) is 24.4. The molecule has 1 saturated carbocycles. The number of benzene rings is 1. The van der Waals surface area contributed by atoms with Crippen molar-refractivity contribution >= 4 is 23.0 Å². The minimum atomic E-state index is -0.647. The number of phenolic OH excluding ortho intramolecular Hbond substituents is 1. The zero-order valence-electron chi connectivity index (χ0n) is 30.9. The minimum absolute atomic E-state index is 0.0376. The van der Waals surface area contributed by atoms with E-state index in [2.05, 4.69) is 43.3 Å². The van der Waals surface area contributed by atoms with Gasteiger partial charge in [0, 0.05) is 87.0 Å². The van der Waals surface area contributed by atoms with Crippen LogP contribution in [0.25, 0.3) is 22.3 Å². The molecule has 12 nitrogen and oxygen atoms in total. The molecule has 0 radical (unpaired) electrons. The zero-order valence-corrected chi connectivity index (χ0v) is 30.9. The molecule has 3 amide bonds. The normalized spacial score (nSPS) is 27.1. The van der Waals surface area contributed by atoms with Crippen LogP contribution in [0.2, 0.25) is 0 Å². The summed E-state index contributed by atoms with van der Waals surface area (Å²) in [5, 5.41) is 33.7. The molecule has 4 atom stereocenters. The van der Waals surface area contributed by atoms with E-state index in [0.717, 1.165) is 43.6 Å². The van der Waals surface area contributed by atoms with E-state index in [1.165, 1.54) is 36.9 Å². The summed E-state index contributed by atoms with van der Waals surface area (Å²) in [7, 11) is 0. The molecule has 1 aliphatic carbocycles. The van der Waals surface area contributed by atoms with E-state index in [1.807, 2.05) is 50.8 Å². The van der Waals surface area contributed by atoms with Gasteiger partial charge in [-0.25, -0.2) is 4.79 Å². The van der Waals surface area contributed by atoms with Crippen molar-refractivity contribution in [3.05, 3.63) is 41.6 Å². The maximum atomic E-state index is 13.5. The third kappa shape index (κ3) is 7.32. The summed E-state index contributed by atoms with van der Waals surface area (Å²) in [4.78, 5) is 39.2. The average molecular weight is 701 g/mol. The first-order valence-corrected chi connectivity index (χ1v) is 19.1. The molecule has 0 bridgehead atoms. The van der Waals surface area contributed by atoms with E-state index >= 15 is 0 Å². The highest BCUT2D eigenvalue weighted by molar-refractivity contribution is 5.88. The van der Waals surface area contributed by atoms with Crippen molar-refractivity contribution in [1.82, 2.24) is 40.1 Å². The number of urea groups is 1. The zero-order chi connectivity index (χ0) is 36.0. The Labute approximate surface area is 301 Å². The van der Waals surface area contributed by atoms with Gasteiger partial charge in [-0.1, -0.05) is 32.9 Å². The molecule has 51 heavy (non-hydrogen) atoms. The van der Waals surface area contributed by atoms with Gasteiger partial charge >= 0.3 is 6.03 Å². The number of hydrogen-bond acceptors (Lipinski definition) is 8. The van der Waals surface area contributed by atoms with Crippen LogP contribution in [0.3, 0.4) is 0 Å². The second-order valence-electron chi connectivity index (χ2n) is 16.6. The summed E-state index contributed by atoms with van der Waals surface area (Å²) in [6, 6.07) is 9.33. The first-order valence-electron chi connectivity index (χ1n) is 19.1. The Morgan fingerprint density at radius 2 is 1.75 bits per heavy atom. The number of aliphatic hydroxyl groups is 1. The Hall–Kier alpha value is -3.74. The van der Waals surface area contributed by atoms with Gasteiger partial charge in [-0.3, -0.25) is 14.6 Å². The van der Waals surface area contributed by atoms with Crippen molar-refractivity contribution in [2.24, 2.45) is 11.3 Å². The molecule has 3 aromatic rings. The van der Waals surface area contributed by atoms with Gasteiger partial charge in [-0.15, -0.1) is 10.2 Å². The highest BCUT2D eigenvalue weighted by atomic mass is 16.3. The number of aliphatic hydroxyl groups excluding tert-OH is 1. The van der Waals surface area contributed by atoms with E-state index in [0.29, 0.717) is 49.3 Å². The number of hydrogen-bond donors (Lipinski definition) is 4. The highest BCUT2D eigenvalue weighted by Gasteiger charge is 2.41. The summed E-state index contributed by atoms with van der Waals surface area (Å²) in [5.41, 5.74) is 4.31. The maximum Gasteiger partial charge on any atom is 0.318 e. The first kappa shape index (κ1) is 35.7. The predicted octanol–water partition coefficient (Wildman–Crippen LogP) is 4.53. The smallest absolute Gasteiger partial charge is 0.318 e. The number of piperazine rings is 1. The number of phenols is 1. The molecule has 2 aromatic heterocycles. The van der Waals surface area contributed by atoms with Crippen molar-refractivity contribution in [2.75, 3.05) is 45.8 Å². The van der Waals surface area contributed by atoms with E-state index in [4.69, 9.17) is 0 Å². The summed E-state index contributed by atoms with van der Waals surface area (Å²) in [6.45, 7) is 15.6. The number of likely N-dealkylation sites (tertiary alicyclic amines) is 1. The van der Waals surface area contributed by atoms with E-state index in [9.17, 15) is 19.8 Å². The van der Waals surface area contributed by atoms with Crippen LogP contribution in [-0.4, -0.2) is 127 Å². The van der Waals surface area contributed by atoms with Crippen molar-refractivity contribution < 1.29 is 19.8 Å². The Balaban J connectivity index is 0.905. The Morgan fingerprint density at radius 3 is 2.41 bits per heavy atom. The number of rotatable bonds is 6. The van der Waals surface area contributed by atoms with Crippen LogP contribution >= 0.6 is 0 Å². The highest BCUT2D eigenvalue weighted by Crippen LogP contribution is 2.41. The molecule has 2 saturated heterocycles. The second-order valence-corrected chi connectivity index (χ2v) is 16.6. The molecule has 4 N–H and O–H groups in total.